The normalized spacial score (nSPS) is 16.7. The highest BCUT2D eigenvalue weighted by Crippen LogP contribution is 2.43. The minimum atomic E-state index is -5.04. The minimum absolute atomic E-state index is 0.0480. The lowest BCUT2D eigenvalue weighted by Crippen LogP contribution is -2.41. The number of rotatable bonds is 14. The fourth-order valence-electron chi connectivity index (χ4n) is 5.28. The molecule has 13 heteroatoms. The van der Waals surface area contributed by atoms with Gasteiger partial charge in [0.1, 0.15) is 23.9 Å². The number of amides is 1. The molecule has 2 aromatic rings. The Balaban J connectivity index is 1.98. The summed E-state index contributed by atoms with van der Waals surface area (Å²) in [6.45, 7) is 3.69. The van der Waals surface area contributed by atoms with Crippen molar-refractivity contribution in [3.05, 3.63) is 75.3 Å². The molecular formula is C32H34ClF6NO5. The average molecular weight is 662 g/mol. The zero-order valence-electron chi connectivity index (χ0n) is 25.1. The summed E-state index contributed by atoms with van der Waals surface area (Å²) >= 11 is 6.41. The van der Waals surface area contributed by atoms with Gasteiger partial charge in [-0.25, -0.2) is 0 Å². The molecule has 45 heavy (non-hydrogen) atoms. The van der Waals surface area contributed by atoms with E-state index in [9.17, 15) is 35.9 Å². The van der Waals surface area contributed by atoms with E-state index in [0.717, 1.165) is 24.5 Å². The summed E-state index contributed by atoms with van der Waals surface area (Å²) in [5, 5.41) is 0.284. The first-order valence-corrected chi connectivity index (χ1v) is 14.4. The molecule has 0 aliphatic heterocycles. The van der Waals surface area contributed by atoms with E-state index in [2.05, 4.69) is 0 Å². The second kappa shape index (κ2) is 15.2. The maximum Gasteiger partial charge on any atom is 0.416 e. The number of unbranched alkanes of at least 4 members (excludes halogenated alkanes) is 1. The summed E-state index contributed by atoms with van der Waals surface area (Å²) in [7, 11) is 2.62. The highest BCUT2D eigenvalue weighted by molar-refractivity contribution is 6.32. The van der Waals surface area contributed by atoms with Crippen LogP contribution in [0.1, 0.15) is 61.5 Å². The maximum absolute atomic E-state index is 13.6. The topological polar surface area (TPSA) is 65.1 Å². The summed E-state index contributed by atoms with van der Waals surface area (Å²) in [6.07, 6.45) is -5.06. The number of carbonyl (C=O) groups excluding carboxylic acids is 2. The molecular weight excluding hydrogens is 628 g/mol. The first-order valence-electron chi connectivity index (χ1n) is 14.0. The molecule has 0 heterocycles. The van der Waals surface area contributed by atoms with Crippen molar-refractivity contribution in [2.75, 3.05) is 27.4 Å². The van der Waals surface area contributed by atoms with E-state index >= 15 is 0 Å². The molecule has 3 unspecified atom stereocenters. The number of aldehydes is 1. The lowest BCUT2D eigenvalue weighted by molar-refractivity contribution is -0.143. The number of allylic oxidation sites excluding steroid dienone is 3. The molecule has 2 aromatic carbocycles. The van der Waals surface area contributed by atoms with E-state index in [-0.39, 0.29) is 35.7 Å². The van der Waals surface area contributed by atoms with Crippen LogP contribution in [0.3, 0.4) is 0 Å². The Bertz CT molecular complexity index is 1390. The predicted octanol–water partition coefficient (Wildman–Crippen LogP) is 8.33. The van der Waals surface area contributed by atoms with Crippen molar-refractivity contribution in [1.82, 2.24) is 4.90 Å². The molecule has 0 fully saturated rings. The average Bonchev–Trinajstić information content (AvgIpc) is 2.98. The molecule has 1 aliphatic rings. The van der Waals surface area contributed by atoms with Crippen molar-refractivity contribution >= 4 is 29.9 Å². The number of alkyl halides is 6. The van der Waals surface area contributed by atoms with Gasteiger partial charge in [0, 0.05) is 37.6 Å². The number of hydrogen-bond donors (Lipinski definition) is 0. The van der Waals surface area contributed by atoms with Crippen LogP contribution in [0.15, 0.2) is 48.1 Å². The number of halogens is 7. The fraction of sp³-hybridized carbons (Fsp3) is 0.438. The first kappa shape index (κ1) is 36.0. The summed E-state index contributed by atoms with van der Waals surface area (Å²) < 4.78 is 98.2. The number of carbonyl (C=O) groups is 2. The van der Waals surface area contributed by atoms with Crippen LogP contribution < -0.4 is 9.47 Å². The van der Waals surface area contributed by atoms with Crippen LogP contribution in [0, 0.1) is 5.92 Å². The Kier molecular flexibility index (Phi) is 12.1. The van der Waals surface area contributed by atoms with Crippen molar-refractivity contribution in [2.24, 2.45) is 5.92 Å². The SMILES string of the molecule is COc1cc(Cl)c(OCCCC=O)cc1C1=CC=C(C)CC1CN(C=O)C(C)C(OC)c1cc(C(F)(F)F)cc(C(F)(F)F)c1. The molecule has 1 aliphatic carbocycles. The van der Waals surface area contributed by atoms with Crippen molar-refractivity contribution in [2.45, 2.75) is 57.6 Å². The number of benzene rings is 2. The molecule has 3 rings (SSSR count). The number of methoxy groups -OCH3 is 2. The van der Waals surface area contributed by atoms with Crippen molar-refractivity contribution < 1.29 is 50.1 Å². The van der Waals surface area contributed by atoms with Crippen LogP contribution >= 0.6 is 11.6 Å². The van der Waals surface area contributed by atoms with Gasteiger partial charge in [-0.05, 0) is 62.1 Å². The van der Waals surface area contributed by atoms with Gasteiger partial charge in [0.05, 0.1) is 35.9 Å². The molecule has 6 nitrogen and oxygen atoms in total. The highest BCUT2D eigenvalue weighted by atomic mass is 35.5. The molecule has 0 bridgehead atoms. The van der Waals surface area contributed by atoms with Gasteiger partial charge in [-0.3, -0.25) is 4.79 Å². The molecule has 0 N–H and O–H groups in total. The van der Waals surface area contributed by atoms with Gasteiger partial charge in [0.2, 0.25) is 6.41 Å². The molecule has 1 amide bonds. The lowest BCUT2D eigenvalue weighted by Gasteiger charge is -2.36. The fourth-order valence-corrected chi connectivity index (χ4v) is 5.49. The summed E-state index contributed by atoms with van der Waals surface area (Å²) in [4.78, 5) is 24.4. The number of hydrogen-bond acceptors (Lipinski definition) is 5. The maximum atomic E-state index is 13.6. The van der Waals surface area contributed by atoms with Crippen molar-refractivity contribution in [3.63, 3.8) is 0 Å². The molecule has 0 saturated carbocycles. The molecule has 0 spiro atoms. The Morgan fingerprint density at radius 2 is 1.62 bits per heavy atom. The standard InChI is InChI=1S/C32H34ClF6NO5/c1-19-7-8-25(26-15-29(45-10-6-5-9-41)27(33)16-28(26)43-3)22(11-19)17-40(18-42)20(2)30(44-4)21-12-23(31(34,35)36)14-24(13-21)32(37,38)39/h7-9,12-16,18,20,22,30H,5-6,10-11,17H2,1-4H3. The largest absolute Gasteiger partial charge is 0.496 e. The van der Waals surface area contributed by atoms with Crippen LogP contribution in [-0.2, 0) is 26.7 Å². The molecule has 0 radical (unpaired) electrons. The summed E-state index contributed by atoms with van der Waals surface area (Å²) in [5.74, 6) is 0.424. The highest BCUT2D eigenvalue weighted by Gasteiger charge is 2.39. The Morgan fingerprint density at radius 1 is 0.978 bits per heavy atom. The van der Waals surface area contributed by atoms with E-state index in [4.69, 9.17) is 25.8 Å². The van der Waals surface area contributed by atoms with Gasteiger partial charge in [0.15, 0.2) is 0 Å². The number of nitrogens with zero attached hydrogens (tertiary/aromatic N) is 1. The Morgan fingerprint density at radius 3 is 2.16 bits per heavy atom. The van der Waals surface area contributed by atoms with Gasteiger partial charge in [-0.15, -0.1) is 0 Å². The van der Waals surface area contributed by atoms with Crippen molar-refractivity contribution in [1.29, 1.82) is 0 Å². The first-order chi connectivity index (χ1) is 21.1. The van der Waals surface area contributed by atoms with E-state index in [0.29, 0.717) is 54.9 Å². The molecule has 0 saturated heterocycles. The van der Waals surface area contributed by atoms with Crippen LogP contribution in [0.4, 0.5) is 26.3 Å². The summed E-state index contributed by atoms with van der Waals surface area (Å²) in [6, 6.07) is 3.58. The van der Waals surface area contributed by atoms with E-state index in [1.165, 1.54) is 18.9 Å². The van der Waals surface area contributed by atoms with Gasteiger partial charge in [-0.2, -0.15) is 26.3 Å². The van der Waals surface area contributed by atoms with E-state index in [1.807, 2.05) is 19.1 Å². The van der Waals surface area contributed by atoms with E-state index < -0.39 is 35.6 Å². The minimum Gasteiger partial charge on any atom is -0.496 e. The Labute approximate surface area is 262 Å². The van der Waals surface area contributed by atoms with Gasteiger partial charge >= 0.3 is 12.4 Å². The van der Waals surface area contributed by atoms with Crippen molar-refractivity contribution in [3.8, 4) is 11.5 Å². The van der Waals surface area contributed by atoms with Crippen LogP contribution in [-0.4, -0.2) is 51.0 Å². The van der Waals surface area contributed by atoms with Crippen LogP contribution in [0.5, 0.6) is 11.5 Å². The smallest absolute Gasteiger partial charge is 0.416 e. The second-order valence-corrected chi connectivity index (χ2v) is 11.1. The van der Waals surface area contributed by atoms with Crippen LogP contribution in [0.2, 0.25) is 5.02 Å². The van der Waals surface area contributed by atoms with Gasteiger partial charge in [0.25, 0.3) is 0 Å². The second-order valence-electron chi connectivity index (χ2n) is 10.7. The zero-order valence-corrected chi connectivity index (χ0v) is 25.9. The monoisotopic (exact) mass is 661 g/mol. The summed E-state index contributed by atoms with van der Waals surface area (Å²) in [5.41, 5.74) is -0.969. The third-order valence-electron chi connectivity index (χ3n) is 7.56. The molecule has 0 aromatic heterocycles. The third-order valence-corrected chi connectivity index (χ3v) is 7.86. The quantitative estimate of drug-likeness (QED) is 0.116. The predicted molar refractivity (Wildman–Crippen MR) is 157 cm³/mol. The lowest BCUT2D eigenvalue weighted by atomic mass is 9.82. The molecule has 3 atom stereocenters. The van der Waals surface area contributed by atoms with Gasteiger partial charge in [-0.1, -0.05) is 29.3 Å². The molecule has 246 valence electrons. The zero-order chi connectivity index (χ0) is 33.5. The Hall–Kier alpha value is -3.51. The van der Waals surface area contributed by atoms with Gasteiger partial charge < -0.3 is 23.9 Å². The van der Waals surface area contributed by atoms with E-state index in [1.54, 1.807) is 12.1 Å². The third kappa shape index (κ3) is 9.03. The van der Waals surface area contributed by atoms with Crippen LogP contribution in [0.25, 0.3) is 5.57 Å². The number of ether oxygens (including phenoxy) is 3.